The highest BCUT2D eigenvalue weighted by Crippen LogP contribution is 2.22. The summed E-state index contributed by atoms with van der Waals surface area (Å²) in [5, 5.41) is 6.31. The third-order valence-electron chi connectivity index (χ3n) is 4.70. The molecule has 1 aliphatic carbocycles. The van der Waals surface area contributed by atoms with Crippen molar-refractivity contribution in [3.05, 3.63) is 28.8 Å². The Morgan fingerprint density at radius 3 is 2.48 bits per heavy atom. The summed E-state index contributed by atoms with van der Waals surface area (Å²) in [6.07, 6.45) is 5.58. The van der Waals surface area contributed by atoms with E-state index >= 15 is 0 Å². The molecule has 1 fully saturated rings. The van der Waals surface area contributed by atoms with Crippen molar-refractivity contribution in [1.82, 2.24) is 10.2 Å². The van der Waals surface area contributed by atoms with Gasteiger partial charge in [-0.15, -0.1) is 0 Å². The molecule has 1 aliphatic rings. The molecule has 1 aromatic carbocycles. The lowest BCUT2D eigenvalue weighted by atomic mass is 9.95. The number of halogens is 1. The van der Waals surface area contributed by atoms with Crippen molar-refractivity contribution in [1.29, 1.82) is 0 Å². The maximum atomic E-state index is 12.5. The highest BCUT2D eigenvalue weighted by atomic mass is 35.5. The molecule has 25 heavy (non-hydrogen) atoms. The first-order chi connectivity index (χ1) is 12.0. The van der Waals surface area contributed by atoms with Crippen LogP contribution in [0.25, 0.3) is 0 Å². The Balaban J connectivity index is 2.01. The van der Waals surface area contributed by atoms with Gasteiger partial charge in [0.1, 0.15) is 0 Å². The molecular weight excluding hydrogens is 338 g/mol. The van der Waals surface area contributed by atoms with Gasteiger partial charge in [0.05, 0.1) is 17.1 Å². The fourth-order valence-electron chi connectivity index (χ4n) is 3.14. The SMILES string of the molecule is CCN(CC)CC(=O)Nc1ccc(Cl)c(C(=O)NC2CCCCC2)c1. The van der Waals surface area contributed by atoms with Gasteiger partial charge >= 0.3 is 0 Å². The molecule has 0 spiro atoms. The van der Waals surface area contributed by atoms with Crippen molar-refractivity contribution in [3.8, 4) is 0 Å². The van der Waals surface area contributed by atoms with Crippen LogP contribution < -0.4 is 10.6 Å². The van der Waals surface area contributed by atoms with Crippen LogP contribution in [0.5, 0.6) is 0 Å². The Bertz CT molecular complexity index is 596. The first-order valence-corrected chi connectivity index (χ1v) is 9.53. The quantitative estimate of drug-likeness (QED) is 0.774. The number of hydrogen-bond donors (Lipinski definition) is 2. The van der Waals surface area contributed by atoms with Gasteiger partial charge in [0.2, 0.25) is 5.91 Å². The van der Waals surface area contributed by atoms with Gasteiger partial charge in [0.15, 0.2) is 0 Å². The summed E-state index contributed by atoms with van der Waals surface area (Å²) < 4.78 is 0. The van der Waals surface area contributed by atoms with Gasteiger partial charge in [-0.05, 0) is 44.1 Å². The largest absolute Gasteiger partial charge is 0.349 e. The molecule has 0 bridgehead atoms. The van der Waals surface area contributed by atoms with Crippen LogP contribution in [-0.4, -0.2) is 42.4 Å². The van der Waals surface area contributed by atoms with Gasteiger partial charge < -0.3 is 10.6 Å². The van der Waals surface area contributed by atoms with Gasteiger partial charge in [-0.2, -0.15) is 0 Å². The molecule has 0 unspecified atom stereocenters. The second-order valence-corrected chi connectivity index (χ2v) is 6.92. The van der Waals surface area contributed by atoms with Crippen molar-refractivity contribution >= 4 is 29.1 Å². The highest BCUT2D eigenvalue weighted by Gasteiger charge is 2.19. The van der Waals surface area contributed by atoms with Crippen LogP contribution in [0.3, 0.4) is 0 Å². The predicted octanol–water partition coefficient (Wildman–Crippen LogP) is 3.68. The summed E-state index contributed by atoms with van der Waals surface area (Å²) >= 11 is 6.19. The van der Waals surface area contributed by atoms with Gasteiger partial charge in [-0.1, -0.05) is 44.7 Å². The second kappa shape index (κ2) is 9.78. The average molecular weight is 366 g/mol. The first-order valence-electron chi connectivity index (χ1n) is 9.16. The molecule has 0 heterocycles. The summed E-state index contributed by atoms with van der Waals surface area (Å²) in [7, 11) is 0. The van der Waals surface area contributed by atoms with Crippen LogP contribution in [0.2, 0.25) is 5.02 Å². The summed E-state index contributed by atoms with van der Waals surface area (Å²) in [5.41, 5.74) is 1.00. The van der Waals surface area contributed by atoms with E-state index in [0.29, 0.717) is 22.8 Å². The maximum Gasteiger partial charge on any atom is 0.253 e. The van der Waals surface area contributed by atoms with E-state index in [1.165, 1.54) is 6.42 Å². The number of nitrogens with zero attached hydrogens (tertiary/aromatic N) is 1. The number of carbonyl (C=O) groups is 2. The van der Waals surface area contributed by atoms with Gasteiger partial charge in [0.25, 0.3) is 5.91 Å². The molecule has 1 aromatic rings. The number of amides is 2. The molecule has 6 heteroatoms. The van der Waals surface area contributed by atoms with Crippen LogP contribution in [0.1, 0.15) is 56.3 Å². The van der Waals surface area contributed by atoms with E-state index in [1.807, 2.05) is 18.7 Å². The molecule has 2 N–H and O–H groups in total. The Morgan fingerprint density at radius 2 is 1.84 bits per heavy atom. The van der Waals surface area contributed by atoms with Gasteiger partial charge in [-0.3, -0.25) is 14.5 Å². The predicted molar refractivity (Wildman–Crippen MR) is 102 cm³/mol. The lowest BCUT2D eigenvalue weighted by Gasteiger charge is -2.23. The Labute approximate surface area is 155 Å². The van der Waals surface area contributed by atoms with E-state index in [-0.39, 0.29) is 17.9 Å². The molecule has 0 aromatic heterocycles. The number of rotatable bonds is 7. The van der Waals surface area contributed by atoms with E-state index in [0.717, 1.165) is 38.8 Å². The fraction of sp³-hybridized carbons (Fsp3) is 0.579. The first kappa shape index (κ1) is 19.7. The molecule has 0 atom stereocenters. The molecule has 0 aliphatic heterocycles. The van der Waals surface area contributed by atoms with Crippen LogP contribution in [-0.2, 0) is 4.79 Å². The van der Waals surface area contributed by atoms with Gasteiger partial charge in [-0.25, -0.2) is 0 Å². The third kappa shape index (κ3) is 6.01. The van der Waals surface area contributed by atoms with Crippen molar-refractivity contribution in [2.75, 3.05) is 25.0 Å². The minimum Gasteiger partial charge on any atom is -0.349 e. The molecule has 138 valence electrons. The fourth-order valence-corrected chi connectivity index (χ4v) is 3.34. The van der Waals surface area contributed by atoms with Gasteiger partial charge in [0, 0.05) is 11.7 Å². The lowest BCUT2D eigenvalue weighted by Crippen LogP contribution is -2.36. The number of anilines is 1. The number of benzene rings is 1. The van der Waals surface area contributed by atoms with E-state index < -0.39 is 0 Å². The molecular formula is C19H28ClN3O2. The molecule has 5 nitrogen and oxygen atoms in total. The molecule has 2 amide bonds. The van der Waals surface area contributed by atoms with Crippen LogP contribution in [0, 0.1) is 0 Å². The standard InChI is InChI=1S/C19H28ClN3O2/c1-3-23(4-2)13-18(24)21-15-10-11-17(20)16(12-15)19(25)22-14-8-6-5-7-9-14/h10-12,14H,3-9,13H2,1-2H3,(H,21,24)(H,22,25). The summed E-state index contributed by atoms with van der Waals surface area (Å²) in [6.45, 7) is 6.01. The third-order valence-corrected chi connectivity index (χ3v) is 5.03. The normalized spacial score (nSPS) is 15.2. The summed E-state index contributed by atoms with van der Waals surface area (Å²) in [4.78, 5) is 26.7. The minimum absolute atomic E-state index is 0.0929. The number of nitrogens with one attached hydrogen (secondary N) is 2. The molecule has 1 saturated carbocycles. The summed E-state index contributed by atoms with van der Waals surface area (Å²) in [5.74, 6) is -0.263. The van der Waals surface area contributed by atoms with Crippen LogP contribution in [0.4, 0.5) is 5.69 Å². The average Bonchev–Trinajstić information content (AvgIpc) is 2.62. The second-order valence-electron chi connectivity index (χ2n) is 6.51. The van der Waals surface area contributed by atoms with Crippen molar-refractivity contribution in [3.63, 3.8) is 0 Å². The smallest absolute Gasteiger partial charge is 0.253 e. The van der Waals surface area contributed by atoms with E-state index in [9.17, 15) is 9.59 Å². The summed E-state index contributed by atoms with van der Waals surface area (Å²) in [6, 6.07) is 5.25. The van der Waals surface area contributed by atoms with Crippen molar-refractivity contribution < 1.29 is 9.59 Å². The van der Waals surface area contributed by atoms with Crippen molar-refractivity contribution in [2.45, 2.75) is 52.0 Å². The number of hydrogen-bond acceptors (Lipinski definition) is 3. The Hall–Kier alpha value is -1.59. The van der Waals surface area contributed by atoms with Crippen LogP contribution >= 0.6 is 11.6 Å². The number of likely N-dealkylation sites (N-methyl/N-ethyl adjacent to an activating group) is 1. The Kier molecular flexibility index (Phi) is 7.72. The topological polar surface area (TPSA) is 61.4 Å². The molecule has 0 radical (unpaired) electrons. The van der Waals surface area contributed by atoms with Crippen LogP contribution in [0.15, 0.2) is 18.2 Å². The highest BCUT2D eigenvalue weighted by molar-refractivity contribution is 6.34. The molecule has 2 rings (SSSR count). The molecule has 0 saturated heterocycles. The minimum atomic E-state index is -0.170. The monoisotopic (exact) mass is 365 g/mol. The zero-order valence-corrected chi connectivity index (χ0v) is 15.9. The van der Waals surface area contributed by atoms with E-state index in [4.69, 9.17) is 11.6 Å². The zero-order chi connectivity index (χ0) is 18.2. The number of carbonyl (C=O) groups excluding carboxylic acids is 2. The Morgan fingerprint density at radius 1 is 1.16 bits per heavy atom. The van der Waals surface area contributed by atoms with Crippen molar-refractivity contribution in [2.24, 2.45) is 0 Å². The van der Waals surface area contributed by atoms with E-state index in [1.54, 1.807) is 18.2 Å². The lowest BCUT2D eigenvalue weighted by molar-refractivity contribution is -0.117. The maximum absolute atomic E-state index is 12.5. The van der Waals surface area contributed by atoms with E-state index in [2.05, 4.69) is 10.6 Å². The zero-order valence-electron chi connectivity index (χ0n) is 15.1.